The van der Waals surface area contributed by atoms with Crippen LogP contribution in [0.1, 0.15) is 26.3 Å². The molecule has 0 unspecified atom stereocenters. The Hall–Kier alpha value is -3.42. The lowest BCUT2D eigenvalue weighted by molar-refractivity contribution is -0.385. The normalized spacial score (nSPS) is 10.1. The molecule has 0 radical (unpaired) electrons. The summed E-state index contributed by atoms with van der Waals surface area (Å²) in [5, 5.41) is 10.9. The molecule has 0 saturated heterocycles. The zero-order chi connectivity index (χ0) is 19.3. The van der Waals surface area contributed by atoms with E-state index >= 15 is 0 Å². The fraction of sp³-hybridized carbons (Fsp3) is 0.222. The minimum absolute atomic E-state index is 0.0358. The van der Waals surface area contributed by atoms with Crippen LogP contribution in [0, 0.1) is 17.0 Å². The zero-order valence-corrected chi connectivity index (χ0v) is 14.5. The number of nitro groups is 1. The highest BCUT2D eigenvalue weighted by Gasteiger charge is 2.21. The Morgan fingerprint density at radius 1 is 1.08 bits per heavy atom. The van der Waals surface area contributed by atoms with E-state index in [4.69, 9.17) is 14.2 Å². The molecule has 0 bridgehead atoms. The minimum Gasteiger partial charge on any atom is -0.497 e. The van der Waals surface area contributed by atoms with Crippen molar-refractivity contribution in [3.63, 3.8) is 0 Å². The van der Waals surface area contributed by atoms with Crippen LogP contribution in [0.2, 0.25) is 0 Å². The Kier molecular flexibility index (Phi) is 5.90. The molecular formula is C18H17NO7. The van der Waals surface area contributed by atoms with Crippen molar-refractivity contribution in [3.8, 4) is 11.5 Å². The number of Topliss-reactive ketones (excluding diaryl/α,β-unsaturated/α-hetero) is 1. The van der Waals surface area contributed by atoms with Crippen LogP contribution in [0.15, 0.2) is 36.4 Å². The van der Waals surface area contributed by atoms with Gasteiger partial charge in [0, 0.05) is 17.7 Å². The van der Waals surface area contributed by atoms with E-state index in [1.807, 2.05) is 0 Å². The second-order valence-electron chi connectivity index (χ2n) is 5.27. The average molecular weight is 359 g/mol. The van der Waals surface area contributed by atoms with E-state index in [0.29, 0.717) is 5.75 Å². The van der Waals surface area contributed by atoms with Crippen LogP contribution in [-0.2, 0) is 4.74 Å². The smallest absolute Gasteiger partial charge is 0.339 e. The predicted octanol–water partition coefficient (Wildman–Crippen LogP) is 2.96. The number of hydrogen-bond donors (Lipinski definition) is 0. The van der Waals surface area contributed by atoms with E-state index in [9.17, 15) is 19.7 Å². The number of esters is 1. The first-order valence-corrected chi connectivity index (χ1v) is 7.55. The van der Waals surface area contributed by atoms with Crippen LogP contribution in [0.4, 0.5) is 5.69 Å². The van der Waals surface area contributed by atoms with Crippen LogP contribution >= 0.6 is 0 Å². The molecule has 2 aromatic carbocycles. The van der Waals surface area contributed by atoms with Gasteiger partial charge in [0.25, 0.3) is 5.69 Å². The average Bonchev–Trinajstić information content (AvgIpc) is 2.65. The van der Waals surface area contributed by atoms with Gasteiger partial charge in [0.05, 0.1) is 30.3 Å². The Morgan fingerprint density at radius 2 is 1.81 bits per heavy atom. The zero-order valence-electron chi connectivity index (χ0n) is 14.5. The molecule has 26 heavy (non-hydrogen) atoms. The van der Waals surface area contributed by atoms with Crippen LogP contribution in [0.3, 0.4) is 0 Å². The summed E-state index contributed by atoms with van der Waals surface area (Å²) in [5.74, 6) is -0.479. The first-order chi connectivity index (χ1) is 12.4. The van der Waals surface area contributed by atoms with Crippen LogP contribution in [0.25, 0.3) is 0 Å². The van der Waals surface area contributed by atoms with Gasteiger partial charge in [-0.05, 0) is 25.1 Å². The molecule has 0 heterocycles. The number of nitrogens with zero attached hydrogens (tertiary/aromatic N) is 1. The summed E-state index contributed by atoms with van der Waals surface area (Å²) >= 11 is 0. The van der Waals surface area contributed by atoms with Gasteiger partial charge in [-0.15, -0.1) is 0 Å². The summed E-state index contributed by atoms with van der Waals surface area (Å²) in [5.41, 5.74) is 0.255. The van der Waals surface area contributed by atoms with Gasteiger partial charge in [-0.1, -0.05) is 6.07 Å². The summed E-state index contributed by atoms with van der Waals surface area (Å²) < 4.78 is 15.2. The van der Waals surface area contributed by atoms with E-state index in [1.54, 1.807) is 12.1 Å². The van der Waals surface area contributed by atoms with Gasteiger partial charge in [-0.2, -0.15) is 0 Å². The van der Waals surface area contributed by atoms with E-state index < -0.39 is 23.3 Å². The van der Waals surface area contributed by atoms with E-state index in [0.717, 1.165) is 0 Å². The third-order valence-corrected chi connectivity index (χ3v) is 3.77. The van der Waals surface area contributed by atoms with Crippen LogP contribution in [0.5, 0.6) is 11.5 Å². The maximum Gasteiger partial charge on any atom is 0.339 e. The number of rotatable bonds is 7. The van der Waals surface area contributed by atoms with E-state index in [2.05, 4.69) is 0 Å². The van der Waals surface area contributed by atoms with Crippen molar-refractivity contribution in [2.75, 3.05) is 20.8 Å². The third kappa shape index (κ3) is 3.97. The fourth-order valence-electron chi connectivity index (χ4n) is 2.36. The lowest BCUT2D eigenvalue weighted by atomic mass is 10.1. The van der Waals surface area contributed by atoms with Crippen molar-refractivity contribution in [2.45, 2.75) is 6.92 Å². The summed E-state index contributed by atoms with van der Waals surface area (Å²) in [7, 11) is 2.89. The van der Waals surface area contributed by atoms with Crippen molar-refractivity contribution < 1.29 is 28.7 Å². The molecule has 0 fully saturated rings. The van der Waals surface area contributed by atoms with Gasteiger partial charge in [0.15, 0.2) is 6.61 Å². The molecule has 2 rings (SSSR count). The van der Waals surface area contributed by atoms with Crippen molar-refractivity contribution in [1.29, 1.82) is 0 Å². The molecule has 0 atom stereocenters. The maximum atomic E-state index is 12.3. The van der Waals surface area contributed by atoms with Crippen LogP contribution < -0.4 is 9.47 Å². The quantitative estimate of drug-likeness (QED) is 0.324. The molecule has 8 nitrogen and oxygen atoms in total. The number of benzene rings is 2. The number of ketones is 1. The number of carbonyl (C=O) groups is 2. The summed E-state index contributed by atoms with van der Waals surface area (Å²) in [6.45, 7) is 0.923. The second kappa shape index (κ2) is 8.11. The molecule has 0 N–H and O–H groups in total. The lowest BCUT2D eigenvalue weighted by Crippen LogP contribution is -2.16. The molecule has 136 valence electrons. The molecule has 0 spiro atoms. The van der Waals surface area contributed by atoms with Gasteiger partial charge in [0.2, 0.25) is 5.78 Å². The number of hydrogen-bond acceptors (Lipinski definition) is 7. The standard InChI is InChI=1S/C18H17NO7/c1-11-13(5-4-6-15(11)19(22)23)18(21)26-10-16(20)14-8-7-12(24-2)9-17(14)25-3/h4-9H,10H2,1-3H3. The number of nitro benzene ring substituents is 1. The van der Waals surface area contributed by atoms with Gasteiger partial charge in [-0.25, -0.2) is 4.79 Å². The molecule has 2 aromatic rings. The maximum absolute atomic E-state index is 12.3. The number of methoxy groups -OCH3 is 2. The summed E-state index contributed by atoms with van der Waals surface area (Å²) in [4.78, 5) is 34.9. The van der Waals surface area contributed by atoms with Gasteiger partial charge in [0.1, 0.15) is 11.5 Å². The highest BCUT2D eigenvalue weighted by atomic mass is 16.6. The highest BCUT2D eigenvalue weighted by molar-refractivity contribution is 6.01. The largest absolute Gasteiger partial charge is 0.497 e. The fourth-order valence-corrected chi connectivity index (χ4v) is 2.36. The molecule has 0 saturated carbocycles. The van der Waals surface area contributed by atoms with Crippen molar-refractivity contribution in [2.24, 2.45) is 0 Å². The first-order valence-electron chi connectivity index (χ1n) is 7.55. The topological polar surface area (TPSA) is 105 Å². The molecule has 0 aliphatic heterocycles. The van der Waals surface area contributed by atoms with Crippen molar-refractivity contribution in [3.05, 3.63) is 63.2 Å². The number of carbonyl (C=O) groups excluding carboxylic acids is 2. The number of ether oxygens (including phenoxy) is 3. The molecule has 8 heteroatoms. The molecule has 0 amide bonds. The predicted molar refractivity (Wildman–Crippen MR) is 92.0 cm³/mol. The van der Waals surface area contributed by atoms with Crippen molar-refractivity contribution in [1.82, 2.24) is 0 Å². The Balaban J connectivity index is 2.14. The van der Waals surface area contributed by atoms with Gasteiger partial charge >= 0.3 is 5.97 Å². The third-order valence-electron chi connectivity index (χ3n) is 3.77. The molecule has 0 aliphatic carbocycles. The summed E-state index contributed by atoms with van der Waals surface area (Å²) in [6, 6.07) is 8.72. The Labute approximate surface area is 149 Å². The van der Waals surface area contributed by atoms with Gasteiger partial charge in [-0.3, -0.25) is 14.9 Å². The molecule has 0 aromatic heterocycles. The monoisotopic (exact) mass is 359 g/mol. The minimum atomic E-state index is -0.813. The first kappa shape index (κ1) is 18.9. The molecule has 0 aliphatic rings. The SMILES string of the molecule is COc1ccc(C(=O)COC(=O)c2cccc([N+](=O)[O-])c2C)c(OC)c1. The van der Waals surface area contributed by atoms with Crippen LogP contribution in [-0.4, -0.2) is 37.5 Å². The van der Waals surface area contributed by atoms with Gasteiger partial charge < -0.3 is 14.2 Å². The lowest BCUT2D eigenvalue weighted by Gasteiger charge is -2.10. The Bertz CT molecular complexity index is 861. The second-order valence-corrected chi connectivity index (χ2v) is 5.27. The highest BCUT2D eigenvalue weighted by Crippen LogP contribution is 2.25. The van der Waals surface area contributed by atoms with E-state index in [1.165, 1.54) is 45.4 Å². The Morgan fingerprint density at radius 3 is 2.42 bits per heavy atom. The molecular weight excluding hydrogens is 342 g/mol. The summed E-state index contributed by atoms with van der Waals surface area (Å²) in [6.07, 6.45) is 0. The van der Waals surface area contributed by atoms with Crippen molar-refractivity contribution >= 4 is 17.4 Å². The van der Waals surface area contributed by atoms with E-state index in [-0.39, 0.29) is 28.1 Å².